The van der Waals surface area contributed by atoms with E-state index in [1.165, 1.54) is 23.9 Å². The molecule has 0 radical (unpaired) electrons. The van der Waals surface area contributed by atoms with E-state index in [4.69, 9.17) is 19.9 Å². The third kappa shape index (κ3) is 5.22. The summed E-state index contributed by atoms with van der Waals surface area (Å²) in [5.41, 5.74) is 8.33. The van der Waals surface area contributed by atoms with Crippen LogP contribution < -0.4 is 10.5 Å². The van der Waals surface area contributed by atoms with Gasteiger partial charge in [0.05, 0.1) is 19.3 Å². The number of hydrogen-bond acceptors (Lipinski definition) is 5. The summed E-state index contributed by atoms with van der Waals surface area (Å²) in [7, 11) is 1.62. The molecule has 2 aromatic carbocycles. The van der Waals surface area contributed by atoms with Crippen molar-refractivity contribution >= 4 is 16.9 Å². The van der Waals surface area contributed by atoms with Crippen LogP contribution in [0.15, 0.2) is 47.5 Å². The van der Waals surface area contributed by atoms with Crippen molar-refractivity contribution in [3.8, 4) is 5.75 Å². The van der Waals surface area contributed by atoms with Crippen LogP contribution in [0, 0.1) is 5.82 Å². The number of nitrogens with two attached hydrogens (primary N) is 1. The molecule has 0 aliphatic carbocycles. The quantitative estimate of drug-likeness (QED) is 0.596. The van der Waals surface area contributed by atoms with Gasteiger partial charge in [0, 0.05) is 29.6 Å². The molecule has 2 aromatic rings. The summed E-state index contributed by atoms with van der Waals surface area (Å²) in [5.74, 6) is 0.788. The van der Waals surface area contributed by atoms with Gasteiger partial charge in [-0.1, -0.05) is 42.1 Å². The van der Waals surface area contributed by atoms with Crippen molar-refractivity contribution in [2.24, 2.45) is 10.7 Å². The standard InChI is InChI=1S/C20H23FN2O3S/c1-13(10-24-2)23-20(22)27-12-16-9-17(21)8-15-11-25-19(26-18(15)16)14-6-4-3-5-7-14/h3-9,13,19H,10-12H2,1-2H3,(H2,22,23)/t13-,19+/m1/s1. The predicted octanol–water partition coefficient (Wildman–Crippen LogP) is 4.02. The zero-order valence-corrected chi connectivity index (χ0v) is 16.2. The maximum Gasteiger partial charge on any atom is 0.227 e. The molecule has 3 rings (SSSR count). The van der Waals surface area contributed by atoms with Crippen molar-refractivity contribution in [1.29, 1.82) is 0 Å². The van der Waals surface area contributed by atoms with E-state index in [1.54, 1.807) is 7.11 Å². The molecule has 0 spiro atoms. The summed E-state index contributed by atoms with van der Waals surface area (Å²) < 4.78 is 30.9. The zero-order chi connectivity index (χ0) is 19.2. The van der Waals surface area contributed by atoms with Crippen LogP contribution in [-0.4, -0.2) is 24.9 Å². The number of aliphatic imine (C=N–C) groups is 1. The Labute approximate surface area is 162 Å². The number of hydrogen-bond donors (Lipinski definition) is 1. The molecule has 1 aliphatic rings. The van der Waals surface area contributed by atoms with E-state index in [0.717, 1.165) is 11.1 Å². The lowest BCUT2D eigenvalue weighted by molar-refractivity contribution is -0.112. The second-order valence-electron chi connectivity index (χ2n) is 6.29. The molecule has 1 heterocycles. The van der Waals surface area contributed by atoms with Gasteiger partial charge in [0.25, 0.3) is 0 Å². The Morgan fingerprint density at radius 2 is 2.15 bits per heavy atom. The van der Waals surface area contributed by atoms with Gasteiger partial charge in [-0.05, 0) is 19.1 Å². The number of methoxy groups -OCH3 is 1. The first-order valence-corrected chi connectivity index (χ1v) is 9.65. The van der Waals surface area contributed by atoms with Gasteiger partial charge < -0.3 is 19.9 Å². The number of thioether (sulfide) groups is 1. The van der Waals surface area contributed by atoms with Crippen molar-refractivity contribution in [3.05, 3.63) is 65.0 Å². The predicted molar refractivity (Wildman–Crippen MR) is 105 cm³/mol. The van der Waals surface area contributed by atoms with Crippen LogP contribution in [0.4, 0.5) is 4.39 Å². The van der Waals surface area contributed by atoms with Crippen molar-refractivity contribution in [3.63, 3.8) is 0 Å². The molecule has 0 saturated carbocycles. The minimum absolute atomic E-state index is 0.0314. The van der Waals surface area contributed by atoms with Crippen LogP contribution in [-0.2, 0) is 21.8 Å². The van der Waals surface area contributed by atoms with Crippen LogP contribution in [0.2, 0.25) is 0 Å². The van der Waals surface area contributed by atoms with Gasteiger partial charge in [-0.3, -0.25) is 4.99 Å². The summed E-state index contributed by atoms with van der Waals surface area (Å²) in [6.45, 7) is 2.71. The smallest absolute Gasteiger partial charge is 0.227 e. The highest BCUT2D eigenvalue weighted by atomic mass is 32.2. The first kappa shape index (κ1) is 19.7. The lowest BCUT2D eigenvalue weighted by Gasteiger charge is -2.28. The Hall–Kier alpha value is -2.09. The van der Waals surface area contributed by atoms with Gasteiger partial charge >= 0.3 is 0 Å². The average Bonchev–Trinajstić information content (AvgIpc) is 2.66. The van der Waals surface area contributed by atoms with Crippen LogP contribution in [0.25, 0.3) is 0 Å². The monoisotopic (exact) mass is 390 g/mol. The summed E-state index contributed by atoms with van der Waals surface area (Å²) in [6, 6.07) is 12.6. The van der Waals surface area contributed by atoms with E-state index in [0.29, 0.717) is 35.4 Å². The number of fused-ring (bicyclic) bond motifs is 1. The van der Waals surface area contributed by atoms with Gasteiger partial charge in [-0.2, -0.15) is 0 Å². The Morgan fingerprint density at radius 1 is 1.37 bits per heavy atom. The van der Waals surface area contributed by atoms with E-state index in [2.05, 4.69) is 4.99 Å². The molecule has 0 fully saturated rings. The maximum absolute atomic E-state index is 14.0. The SMILES string of the molecule is COC[C@@H](C)N=C(N)SCc1cc(F)cc2c1O[C@@H](c1ccccc1)OC2. The van der Waals surface area contributed by atoms with Crippen LogP contribution >= 0.6 is 11.8 Å². The van der Waals surface area contributed by atoms with Crippen LogP contribution in [0.1, 0.15) is 29.9 Å². The Bertz CT molecular complexity index is 801. The van der Waals surface area contributed by atoms with Crippen molar-refractivity contribution in [2.45, 2.75) is 31.6 Å². The van der Waals surface area contributed by atoms with Crippen LogP contribution in [0.3, 0.4) is 0 Å². The summed E-state index contributed by atoms with van der Waals surface area (Å²) in [4.78, 5) is 4.35. The molecule has 0 amide bonds. The highest BCUT2D eigenvalue weighted by Gasteiger charge is 2.25. The third-order valence-electron chi connectivity index (χ3n) is 4.03. The normalized spacial score (nSPS) is 17.9. The summed E-state index contributed by atoms with van der Waals surface area (Å²) in [6.07, 6.45) is -0.513. The largest absolute Gasteiger partial charge is 0.460 e. The number of amidine groups is 1. The second-order valence-corrected chi connectivity index (χ2v) is 7.28. The lowest BCUT2D eigenvalue weighted by atomic mass is 10.1. The first-order valence-electron chi connectivity index (χ1n) is 8.66. The zero-order valence-electron chi connectivity index (χ0n) is 15.4. The number of halogens is 1. The number of ether oxygens (including phenoxy) is 3. The van der Waals surface area contributed by atoms with Crippen molar-refractivity contribution < 1.29 is 18.6 Å². The first-order chi connectivity index (χ1) is 13.1. The molecule has 2 atom stereocenters. The molecule has 0 bridgehead atoms. The molecule has 2 N–H and O–H groups in total. The molecule has 0 saturated heterocycles. The third-order valence-corrected chi connectivity index (χ3v) is 4.88. The molecular formula is C20H23FN2O3S. The summed E-state index contributed by atoms with van der Waals surface area (Å²) in [5, 5.41) is 0.434. The van der Waals surface area contributed by atoms with E-state index in [9.17, 15) is 4.39 Å². The molecule has 0 unspecified atom stereocenters. The van der Waals surface area contributed by atoms with Gasteiger partial charge in [0.1, 0.15) is 11.6 Å². The van der Waals surface area contributed by atoms with E-state index in [-0.39, 0.29) is 11.9 Å². The fourth-order valence-corrected chi connectivity index (χ4v) is 3.62. The molecule has 5 nitrogen and oxygen atoms in total. The highest BCUT2D eigenvalue weighted by molar-refractivity contribution is 8.13. The molecular weight excluding hydrogens is 367 g/mol. The minimum Gasteiger partial charge on any atom is -0.460 e. The van der Waals surface area contributed by atoms with E-state index < -0.39 is 6.29 Å². The van der Waals surface area contributed by atoms with Crippen LogP contribution in [0.5, 0.6) is 5.75 Å². The minimum atomic E-state index is -0.513. The number of benzene rings is 2. The van der Waals surface area contributed by atoms with E-state index >= 15 is 0 Å². The Balaban J connectivity index is 1.76. The van der Waals surface area contributed by atoms with Gasteiger partial charge in [0.15, 0.2) is 5.17 Å². The van der Waals surface area contributed by atoms with Gasteiger partial charge in [0.2, 0.25) is 6.29 Å². The molecule has 144 valence electrons. The topological polar surface area (TPSA) is 66.1 Å². The van der Waals surface area contributed by atoms with Crippen molar-refractivity contribution in [2.75, 3.05) is 13.7 Å². The molecule has 1 aliphatic heterocycles. The average molecular weight is 390 g/mol. The highest BCUT2D eigenvalue weighted by Crippen LogP contribution is 2.37. The van der Waals surface area contributed by atoms with Gasteiger partial charge in [-0.25, -0.2) is 4.39 Å². The summed E-state index contributed by atoms with van der Waals surface area (Å²) >= 11 is 1.35. The maximum atomic E-state index is 14.0. The Kier molecular flexibility index (Phi) is 6.71. The molecule has 0 aromatic heterocycles. The fourth-order valence-electron chi connectivity index (χ4n) is 2.84. The van der Waals surface area contributed by atoms with Crippen molar-refractivity contribution in [1.82, 2.24) is 0 Å². The number of rotatable bonds is 6. The second kappa shape index (κ2) is 9.21. The van der Waals surface area contributed by atoms with E-state index in [1.807, 2.05) is 37.3 Å². The molecule has 27 heavy (non-hydrogen) atoms. The Morgan fingerprint density at radius 3 is 2.89 bits per heavy atom. The lowest BCUT2D eigenvalue weighted by Crippen LogP contribution is -2.19. The van der Waals surface area contributed by atoms with Gasteiger partial charge in [-0.15, -0.1) is 0 Å². The number of nitrogens with zero attached hydrogens (tertiary/aromatic N) is 1. The molecule has 7 heteroatoms. The fraction of sp³-hybridized carbons (Fsp3) is 0.350.